The number of hydrogen-bond donors (Lipinski definition) is 2. The standard InChI is InChI=1S/C17H12N4O2S2/c18-8-12-14(13-5-2-6-24-13)20-17(21-16(12)23)25-9-10-3-1-4-11(7-10)15(19)22/h1-7H,9H2,(H2,19,22)(H,20,21,23)/p+1. The van der Waals surface area contributed by atoms with E-state index in [1.54, 1.807) is 18.2 Å². The van der Waals surface area contributed by atoms with E-state index in [0.717, 1.165) is 10.4 Å². The van der Waals surface area contributed by atoms with Gasteiger partial charge < -0.3 is 4.98 Å². The van der Waals surface area contributed by atoms with Gasteiger partial charge >= 0.3 is 5.91 Å². The molecule has 124 valence electrons. The number of thiophene rings is 1. The number of hydrogen-bond acceptors (Lipinski definition) is 6. The summed E-state index contributed by atoms with van der Waals surface area (Å²) in [4.78, 5) is 31.4. The summed E-state index contributed by atoms with van der Waals surface area (Å²) in [7, 11) is 0. The van der Waals surface area contributed by atoms with Crippen molar-refractivity contribution in [3.8, 4) is 16.6 Å². The molecule has 6 nitrogen and oxygen atoms in total. The van der Waals surface area contributed by atoms with Gasteiger partial charge in [-0.2, -0.15) is 5.26 Å². The summed E-state index contributed by atoms with van der Waals surface area (Å²) in [5.41, 5.74) is 4.82. The number of H-pyrrole nitrogens is 1. The smallest absolute Gasteiger partial charge is 0.300 e. The second-order valence-corrected chi connectivity index (χ2v) is 7.01. The number of nitrogens with one attached hydrogen (secondary N) is 1. The van der Waals surface area contributed by atoms with Crippen molar-refractivity contribution in [1.82, 2.24) is 9.97 Å². The number of benzene rings is 1. The summed E-state index contributed by atoms with van der Waals surface area (Å²) < 4.78 is 0. The quantitative estimate of drug-likeness (QED) is 0.528. The van der Waals surface area contributed by atoms with E-state index in [-0.39, 0.29) is 11.5 Å². The van der Waals surface area contributed by atoms with Crippen molar-refractivity contribution >= 4 is 29.0 Å². The van der Waals surface area contributed by atoms with Crippen LogP contribution in [0.2, 0.25) is 0 Å². The number of amides is 1. The molecule has 25 heavy (non-hydrogen) atoms. The van der Waals surface area contributed by atoms with Gasteiger partial charge in [-0.1, -0.05) is 30.0 Å². The zero-order valence-electron chi connectivity index (χ0n) is 13.0. The van der Waals surface area contributed by atoms with Gasteiger partial charge in [0, 0.05) is 5.75 Å². The predicted molar refractivity (Wildman–Crippen MR) is 96.1 cm³/mol. The molecule has 3 aromatic rings. The van der Waals surface area contributed by atoms with Gasteiger partial charge in [0.25, 0.3) is 5.56 Å². The van der Waals surface area contributed by atoms with E-state index in [2.05, 4.69) is 15.7 Å². The Balaban J connectivity index is 1.89. The van der Waals surface area contributed by atoms with Gasteiger partial charge in [0.05, 0.1) is 10.4 Å². The summed E-state index contributed by atoms with van der Waals surface area (Å²) in [5.74, 6) is 0.288. The largest absolute Gasteiger partial charge is 0.340 e. The number of thioether (sulfide) groups is 1. The lowest BCUT2D eigenvalue weighted by Gasteiger charge is -2.05. The van der Waals surface area contributed by atoms with Gasteiger partial charge in [0.1, 0.15) is 17.3 Å². The topological polar surface area (TPSA) is 114 Å². The van der Waals surface area contributed by atoms with Crippen molar-refractivity contribution in [3.05, 3.63) is 68.8 Å². The number of carbonyl (C=O) groups excluding carboxylic acids is 1. The van der Waals surface area contributed by atoms with Gasteiger partial charge in [-0.05, 0) is 29.1 Å². The Morgan fingerprint density at radius 3 is 2.88 bits per heavy atom. The highest BCUT2D eigenvalue weighted by molar-refractivity contribution is 7.98. The third-order valence-electron chi connectivity index (χ3n) is 3.39. The first kappa shape index (κ1) is 17.1. The Labute approximate surface area is 151 Å². The van der Waals surface area contributed by atoms with Crippen LogP contribution >= 0.6 is 23.1 Å². The van der Waals surface area contributed by atoms with Gasteiger partial charge in [-0.3, -0.25) is 10.5 Å². The molecule has 0 aliphatic heterocycles. The van der Waals surface area contributed by atoms with Crippen LogP contribution in [-0.2, 0) is 5.75 Å². The highest BCUT2D eigenvalue weighted by Crippen LogP contribution is 2.27. The molecule has 0 unspecified atom stereocenters. The third kappa shape index (κ3) is 3.85. The Hall–Kier alpha value is -2.73. The van der Waals surface area contributed by atoms with Crippen LogP contribution in [0, 0.1) is 11.3 Å². The van der Waals surface area contributed by atoms with Crippen molar-refractivity contribution in [2.24, 2.45) is 0 Å². The molecule has 0 aliphatic carbocycles. The third-order valence-corrected chi connectivity index (χ3v) is 5.21. The average molecular weight is 369 g/mol. The van der Waals surface area contributed by atoms with Crippen molar-refractivity contribution < 1.29 is 10.5 Å². The zero-order valence-corrected chi connectivity index (χ0v) is 14.6. The number of nitriles is 1. The molecule has 0 aliphatic rings. The van der Waals surface area contributed by atoms with E-state index in [9.17, 15) is 14.9 Å². The second kappa shape index (κ2) is 7.44. The number of nitrogens with zero attached hydrogens (tertiary/aromatic N) is 2. The van der Waals surface area contributed by atoms with Crippen LogP contribution in [0.3, 0.4) is 0 Å². The van der Waals surface area contributed by atoms with Crippen LogP contribution in [0.15, 0.2) is 51.7 Å². The van der Waals surface area contributed by atoms with Crippen LogP contribution in [0.5, 0.6) is 0 Å². The number of carbonyl (C=O) groups is 1. The summed E-state index contributed by atoms with van der Waals surface area (Å²) in [5, 5.41) is 11.5. The Kier molecular flexibility index (Phi) is 5.09. The molecule has 3 rings (SSSR count). The monoisotopic (exact) mass is 369 g/mol. The Morgan fingerprint density at radius 1 is 1.36 bits per heavy atom. The average Bonchev–Trinajstić information content (AvgIpc) is 3.14. The molecular formula is C17H13N4O2S2+. The summed E-state index contributed by atoms with van der Waals surface area (Å²) in [6.07, 6.45) is 0. The van der Waals surface area contributed by atoms with Gasteiger partial charge in [0.15, 0.2) is 5.16 Å². The predicted octanol–water partition coefficient (Wildman–Crippen LogP) is 2.04. The maximum atomic E-state index is 12.2. The van der Waals surface area contributed by atoms with E-state index in [0.29, 0.717) is 22.2 Å². The maximum Gasteiger partial charge on any atom is 0.340 e. The van der Waals surface area contributed by atoms with E-state index in [4.69, 9.17) is 0 Å². The normalized spacial score (nSPS) is 10.4. The number of rotatable bonds is 5. The molecule has 0 saturated heterocycles. The maximum absolute atomic E-state index is 12.2. The Bertz CT molecular complexity index is 1020. The lowest BCUT2D eigenvalue weighted by molar-refractivity contribution is -0.255. The molecule has 2 aromatic heterocycles. The zero-order chi connectivity index (χ0) is 17.8. The fourth-order valence-electron chi connectivity index (χ4n) is 2.20. The van der Waals surface area contributed by atoms with Crippen molar-refractivity contribution in [2.45, 2.75) is 10.9 Å². The van der Waals surface area contributed by atoms with E-state index < -0.39 is 5.56 Å². The molecule has 0 bridgehead atoms. The summed E-state index contributed by atoms with van der Waals surface area (Å²) in [6.45, 7) is 0. The summed E-state index contributed by atoms with van der Waals surface area (Å²) in [6, 6.07) is 12.7. The molecule has 0 fully saturated rings. The molecule has 0 radical (unpaired) electrons. The van der Waals surface area contributed by atoms with Crippen LogP contribution in [0.4, 0.5) is 0 Å². The van der Waals surface area contributed by atoms with E-state index in [1.807, 2.05) is 29.6 Å². The van der Waals surface area contributed by atoms with E-state index >= 15 is 0 Å². The fourth-order valence-corrected chi connectivity index (χ4v) is 3.73. The first-order valence-electron chi connectivity index (χ1n) is 7.25. The lowest BCUT2D eigenvalue weighted by Crippen LogP contribution is -2.56. The highest BCUT2D eigenvalue weighted by Gasteiger charge is 2.14. The molecule has 4 N–H and O–H groups in total. The lowest BCUT2D eigenvalue weighted by atomic mass is 10.1. The van der Waals surface area contributed by atoms with Crippen molar-refractivity contribution in [1.29, 1.82) is 5.26 Å². The molecule has 8 heteroatoms. The first-order chi connectivity index (χ1) is 12.1. The molecule has 1 amide bonds. The second-order valence-electron chi connectivity index (χ2n) is 5.10. The van der Waals surface area contributed by atoms with Crippen molar-refractivity contribution in [3.63, 3.8) is 0 Å². The molecule has 2 heterocycles. The van der Waals surface area contributed by atoms with Crippen LogP contribution in [0.25, 0.3) is 10.6 Å². The fraction of sp³-hybridized carbons (Fsp3) is 0.0588. The van der Waals surface area contributed by atoms with Crippen LogP contribution in [0.1, 0.15) is 21.5 Å². The van der Waals surface area contributed by atoms with Gasteiger partial charge in [-0.25, -0.2) is 9.78 Å². The SMILES string of the molecule is N#Cc1c(-c2cccs2)nc(SCc2cccc(C([NH3+])=O)c2)[nH]c1=O. The van der Waals surface area contributed by atoms with Crippen LogP contribution < -0.4 is 11.3 Å². The van der Waals surface area contributed by atoms with Gasteiger partial charge in [0.2, 0.25) is 0 Å². The molecular weight excluding hydrogens is 356 g/mol. The summed E-state index contributed by atoms with van der Waals surface area (Å²) >= 11 is 2.76. The minimum absolute atomic E-state index is 0.0106. The highest BCUT2D eigenvalue weighted by atomic mass is 32.2. The minimum Gasteiger partial charge on any atom is -0.300 e. The number of aromatic nitrogens is 2. The molecule has 0 atom stereocenters. The molecule has 0 saturated carbocycles. The molecule has 1 aromatic carbocycles. The van der Waals surface area contributed by atoms with E-state index in [1.165, 1.54) is 23.1 Å². The van der Waals surface area contributed by atoms with Crippen LogP contribution in [-0.4, -0.2) is 15.9 Å². The number of quaternary nitrogens is 1. The first-order valence-corrected chi connectivity index (χ1v) is 9.11. The van der Waals surface area contributed by atoms with Crippen molar-refractivity contribution in [2.75, 3.05) is 0 Å². The van der Waals surface area contributed by atoms with Gasteiger partial charge in [-0.15, -0.1) is 11.3 Å². The minimum atomic E-state index is -0.454. The molecule has 0 spiro atoms. The number of aromatic amines is 1. The Morgan fingerprint density at radius 2 is 2.20 bits per heavy atom.